The van der Waals surface area contributed by atoms with Gasteiger partial charge in [-0.1, -0.05) is 12.1 Å². The Hall–Kier alpha value is -5.16. The molecule has 2 heterocycles. The quantitative estimate of drug-likeness (QED) is 0.241. The average Bonchev–Trinajstić information content (AvgIpc) is 3.03. The number of aliphatic carboxylic acids is 1. The molecule has 0 bridgehead atoms. The predicted molar refractivity (Wildman–Crippen MR) is 155 cm³/mol. The molecule has 4 rings (SSSR count). The van der Waals surface area contributed by atoms with E-state index >= 15 is 0 Å². The molecule has 1 saturated heterocycles. The van der Waals surface area contributed by atoms with E-state index in [9.17, 15) is 31.1 Å². The number of methoxy groups -OCH3 is 3. The third-order valence-corrected chi connectivity index (χ3v) is 6.54. The fourth-order valence-corrected chi connectivity index (χ4v) is 4.41. The van der Waals surface area contributed by atoms with E-state index in [-0.39, 0.29) is 24.1 Å². The number of halogens is 6. The molecule has 0 aliphatic carbocycles. The molecule has 0 spiro atoms. The molecule has 0 unspecified atom stereocenters. The number of carbonyl (C=O) groups is 2. The Labute approximate surface area is 264 Å². The molecule has 1 aromatic heterocycles. The summed E-state index contributed by atoms with van der Waals surface area (Å²) >= 11 is 0. The van der Waals surface area contributed by atoms with Crippen molar-refractivity contribution in [1.29, 1.82) is 0 Å². The number of nitrogens with zero attached hydrogens (tertiary/aromatic N) is 3. The van der Waals surface area contributed by atoms with Crippen molar-refractivity contribution in [3.8, 4) is 23.0 Å². The van der Waals surface area contributed by atoms with Crippen molar-refractivity contribution in [2.75, 3.05) is 44.6 Å². The van der Waals surface area contributed by atoms with Crippen LogP contribution in [0.5, 0.6) is 23.0 Å². The van der Waals surface area contributed by atoms with Crippen molar-refractivity contribution in [1.82, 2.24) is 15.3 Å². The zero-order valence-corrected chi connectivity index (χ0v) is 25.2. The van der Waals surface area contributed by atoms with Crippen LogP contribution in [0.4, 0.5) is 43.8 Å². The van der Waals surface area contributed by atoms with Gasteiger partial charge in [0.1, 0.15) is 11.6 Å². The van der Waals surface area contributed by atoms with Gasteiger partial charge in [-0.25, -0.2) is 9.78 Å². The number of piperidine rings is 1. The van der Waals surface area contributed by atoms with Gasteiger partial charge in [0, 0.05) is 43.7 Å². The standard InChI is InChI=1S/C27H30F3N5O5.C2HF3O2/c1-37-21-13-19(14-22(38-2)24(21)39-3)33-26-31-11-10-23(34-26)35-12-4-5-18(16-35)25(36)32-15-17-6-8-20(9-7-17)40-27(28,29)30;3-2(4,5)1(6)7/h6-11,13-14,18H,4-5,12,15-16H2,1-3H3,(H,32,36)(H,31,33,34);(H,6,7)/t18-;/m0./s1. The molecular weight excluding hydrogens is 644 g/mol. The van der Waals surface area contributed by atoms with Gasteiger partial charge in [-0.15, -0.1) is 13.2 Å². The Bertz CT molecular complexity index is 1480. The van der Waals surface area contributed by atoms with Crippen molar-refractivity contribution >= 4 is 29.3 Å². The number of carboxylic acid groups (broad SMARTS) is 1. The minimum Gasteiger partial charge on any atom is -0.493 e. The van der Waals surface area contributed by atoms with Crippen molar-refractivity contribution in [3.05, 3.63) is 54.2 Å². The number of nitrogens with one attached hydrogen (secondary N) is 2. The van der Waals surface area contributed by atoms with Gasteiger partial charge >= 0.3 is 18.5 Å². The maximum Gasteiger partial charge on any atom is 0.573 e. The van der Waals surface area contributed by atoms with Crippen molar-refractivity contribution < 1.29 is 60.0 Å². The largest absolute Gasteiger partial charge is 0.573 e. The molecule has 1 aliphatic heterocycles. The molecule has 18 heteroatoms. The van der Waals surface area contributed by atoms with Crippen LogP contribution >= 0.6 is 0 Å². The van der Waals surface area contributed by atoms with E-state index < -0.39 is 18.5 Å². The van der Waals surface area contributed by atoms with E-state index in [1.807, 2.05) is 4.90 Å². The van der Waals surface area contributed by atoms with Crippen LogP contribution < -0.4 is 34.5 Å². The third-order valence-electron chi connectivity index (χ3n) is 6.54. The Morgan fingerprint density at radius 3 is 2.13 bits per heavy atom. The van der Waals surface area contributed by atoms with Gasteiger partial charge in [0.25, 0.3) is 0 Å². The highest BCUT2D eigenvalue weighted by atomic mass is 19.4. The SMILES string of the molecule is COc1cc(Nc2nccc(N3CCC[C@H](C(=O)NCc4ccc(OC(F)(F)F)cc4)C3)n2)cc(OC)c1OC.O=C(O)C(F)(F)F. The minimum absolute atomic E-state index is 0.134. The van der Waals surface area contributed by atoms with Gasteiger partial charge in [-0.3, -0.25) is 4.79 Å². The predicted octanol–water partition coefficient (Wildman–Crippen LogP) is 5.31. The molecule has 2 aromatic carbocycles. The number of rotatable bonds is 10. The van der Waals surface area contributed by atoms with E-state index in [0.717, 1.165) is 13.0 Å². The van der Waals surface area contributed by atoms with Crippen molar-refractivity contribution in [3.63, 3.8) is 0 Å². The number of benzene rings is 2. The highest BCUT2D eigenvalue weighted by Gasteiger charge is 2.38. The highest BCUT2D eigenvalue weighted by Crippen LogP contribution is 2.40. The average molecular weight is 676 g/mol. The maximum absolute atomic E-state index is 12.9. The lowest BCUT2D eigenvalue weighted by atomic mass is 9.97. The summed E-state index contributed by atoms with van der Waals surface area (Å²) in [6, 6.07) is 10.7. The summed E-state index contributed by atoms with van der Waals surface area (Å²) in [6.07, 6.45) is -6.69. The first-order valence-electron chi connectivity index (χ1n) is 13.7. The molecule has 256 valence electrons. The molecule has 3 N–H and O–H groups in total. The topological polar surface area (TPSA) is 144 Å². The van der Waals surface area contributed by atoms with Crippen LogP contribution in [-0.4, -0.2) is 73.9 Å². The molecule has 1 aliphatic rings. The molecular formula is C29H31F6N5O7. The Balaban J connectivity index is 0.000000771. The second kappa shape index (κ2) is 15.9. The molecule has 12 nitrogen and oxygen atoms in total. The normalized spacial score (nSPS) is 14.7. The second-order valence-corrected chi connectivity index (χ2v) is 9.78. The number of ether oxygens (including phenoxy) is 4. The zero-order chi connectivity index (χ0) is 34.8. The molecule has 1 fully saturated rings. The van der Waals surface area contributed by atoms with Gasteiger partial charge in [0.2, 0.25) is 17.6 Å². The first-order valence-corrected chi connectivity index (χ1v) is 13.7. The number of hydrogen-bond acceptors (Lipinski definition) is 10. The number of alkyl halides is 6. The summed E-state index contributed by atoms with van der Waals surface area (Å²) < 4.78 is 88.8. The van der Waals surface area contributed by atoms with E-state index in [0.29, 0.717) is 53.2 Å². The molecule has 47 heavy (non-hydrogen) atoms. The summed E-state index contributed by atoms with van der Waals surface area (Å²) in [5.41, 5.74) is 1.30. The monoisotopic (exact) mass is 675 g/mol. The fourth-order valence-electron chi connectivity index (χ4n) is 4.41. The second-order valence-electron chi connectivity index (χ2n) is 9.78. The summed E-state index contributed by atoms with van der Waals surface area (Å²) in [5.74, 6) is -1.02. The van der Waals surface area contributed by atoms with E-state index in [1.54, 1.807) is 24.4 Å². The van der Waals surface area contributed by atoms with Crippen LogP contribution in [-0.2, 0) is 16.1 Å². The molecule has 1 atom stereocenters. The van der Waals surface area contributed by atoms with Crippen LogP contribution in [0.25, 0.3) is 0 Å². The van der Waals surface area contributed by atoms with Gasteiger partial charge < -0.3 is 39.6 Å². The Kier molecular flexibility index (Phi) is 12.3. The number of hydrogen-bond donors (Lipinski definition) is 3. The number of amides is 1. The van der Waals surface area contributed by atoms with E-state index in [1.165, 1.54) is 45.6 Å². The fraction of sp³-hybridized carbons (Fsp3) is 0.379. The van der Waals surface area contributed by atoms with Crippen LogP contribution in [0, 0.1) is 5.92 Å². The number of carbonyl (C=O) groups excluding carboxylic acids is 1. The Morgan fingerprint density at radius 1 is 0.979 bits per heavy atom. The maximum atomic E-state index is 12.9. The first kappa shape index (κ1) is 36.3. The smallest absolute Gasteiger partial charge is 0.493 e. The number of carboxylic acids is 1. The number of aromatic nitrogens is 2. The molecule has 1 amide bonds. The lowest BCUT2D eigenvalue weighted by Gasteiger charge is -2.33. The summed E-state index contributed by atoms with van der Waals surface area (Å²) in [4.78, 5) is 32.8. The highest BCUT2D eigenvalue weighted by molar-refractivity contribution is 5.79. The third kappa shape index (κ3) is 11.0. The minimum atomic E-state index is -5.08. The lowest BCUT2D eigenvalue weighted by Crippen LogP contribution is -2.43. The van der Waals surface area contributed by atoms with E-state index in [2.05, 4.69) is 25.3 Å². The van der Waals surface area contributed by atoms with Gasteiger partial charge in [0.05, 0.1) is 27.2 Å². The van der Waals surface area contributed by atoms with Gasteiger partial charge in [0.15, 0.2) is 11.5 Å². The summed E-state index contributed by atoms with van der Waals surface area (Å²) in [5, 5.41) is 13.2. The van der Waals surface area contributed by atoms with Crippen LogP contribution in [0.15, 0.2) is 48.7 Å². The molecule has 0 radical (unpaired) electrons. The van der Waals surface area contributed by atoms with Gasteiger partial charge in [-0.05, 0) is 36.6 Å². The van der Waals surface area contributed by atoms with Crippen LogP contribution in [0.2, 0.25) is 0 Å². The van der Waals surface area contributed by atoms with Crippen LogP contribution in [0.3, 0.4) is 0 Å². The zero-order valence-electron chi connectivity index (χ0n) is 25.2. The Morgan fingerprint density at radius 2 is 1.60 bits per heavy atom. The molecule has 3 aromatic rings. The first-order chi connectivity index (χ1) is 22.1. The van der Waals surface area contributed by atoms with Gasteiger partial charge in [-0.2, -0.15) is 18.2 Å². The number of anilines is 3. The van der Waals surface area contributed by atoms with Crippen LogP contribution in [0.1, 0.15) is 18.4 Å². The summed E-state index contributed by atoms with van der Waals surface area (Å²) in [6.45, 7) is 1.38. The van der Waals surface area contributed by atoms with E-state index in [4.69, 9.17) is 24.1 Å². The summed E-state index contributed by atoms with van der Waals surface area (Å²) in [7, 11) is 4.59. The lowest BCUT2D eigenvalue weighted by molar-refractivity contribution is -0.274. The molecule has 0 saturated carbocycles. The van der Waals surface area contributed by atoms with Crippen molar-refractivity contribution in [2.45, 2.75) is 31.9 Å². The van der Waals surface area contributed by atoms with Crippen molar-refractivity contribution in [2.24, 2.45) is 5.92 Å².